The van der Waals surface area contributed by atoms with Crippen LogP contribution in [0.5, 0.6) is 0 Å². The molecule has 1 aliphatic carbocycles. The van der Waals surface area contributed by atoms with E-state index in [4.69, 9.17) is 11.6 Å². The summed E-state index contributed by atoms with van der Waals surface area (Å²) in [5.41, 5.74) is 0.166. The van der Waals surface area contributed by atoms with Crippen molar-refractivity contribution in [3.63, 3.8) is 0 Å². The molecule has 1 fully saturated rings. The minimum atomic E-state index is -0.447. The molecule has 2 nitrogen and oxygen atoms in total. The Hall–Kier alpha value is -1.09. The zero-order valence-electron chi connectivity index (χ0n) is 10.2. The van der Waals surface area contributed by atoms with Crippen LogP contribution in [0.3, 0.4) is 0 Å². The van der Waals surface area contributed by atoms with Crippen molar-refractivity contribution in [3.8, 4) is 0 Å². The van der Waals surface area contributed by atoms with Crippen molar-refractivity contribution in [1.29, 1.82) is 0 Å². The largest absolute Gasteiger partial charge is 0.336 e. The summed E-state index contributed by atoms with van der Waals surface area (Å²) in [6.07, 6.45) is 3.93. The van der Waals surface area contributed by atoms with Crippen LogP contribution in [0.1, 0.15) is 36.0 Å². The molecule has 4 heteroatoms. The maximum atomic E-state index is 13.6. The molecule has 0 saturated heterocycles. The van der Waals surface area contributed by atoms with E-state index >= 15 is 0 Å². The van der Waals surface area contributed by atoms with Gasteiger partial charge in [-0.3, -0.25) is 4.79 Å². The second-order valence-corrected chi connectivity index (χ2v) is 4.98. The Bertz CT molecular complexity index is 420. The first-order valence-corrected chi connectivity index (χ1v) is 6.89. The number of benzene rings is 1. The molecule has 0 spiro atoms. The Morgan fingerprint density at radius 2 is 2.11 bits per heavy atom. The average Bonchev–Trinajstić information content (AvgIpc) is 2.32. The van der Waals surface area contributed by atoms with E-state index in [2.05, 4.69) is 0 Å². The topological polar surface area (TPSA) is 20.3 Å². The van der Waals surface area contributed by atoms with Crippen molar-refractivity contribution in [2.75, 3.05) is 12.4 Å². The van der Waals surface area contributed by atoms with E-state index in [1.54, 1.807) is 23.1 Å². The van der Waals surface area contributed by atoms with Gasteiger partial charge in [0.15, 0.2) is 0 Å². The minimum Gasteiger partial charge on any atom is -0.336 e. The molecule has 1 aliphatic rings. The smallest absolute Gasteiger partial charge is 0.257 e. The first-order chi connectivity index (χ1) is 8.74. The van der Waals surface area contributed by atoms with Crippen molar-refractivity contribution in [2.24, 2.45) is 0 Å². The predicted octanol–water partition coefficient (Wildman–Crippen LogP) is 3.45. The number of amides is 1. The maximum Gasteiger partial charge on any atom is 0.257 e. The molecule has 1 aromatic rings. The number of alkyl halides is 1. The summed E-state index contributed by atoms with van der Waals surface area (Å²) in [5, 5.41) is 0. The fourth-order valence-electron chi connectivity index (χ4n) is 2.17. The first-order valence-electron chi connectivity index (χ1n) is 6.35. The molecule has 18 heavy (non-hydrogen) atoms. The van der Waals surface area contributed by atoms with Crippen LogP contribution in [-0.2, 0) is 0 Å². The summed E-state index contributed by atoms with van der Waals surface area (Å²) in [6, 6.07) is 6.42. The molecular formula is C14H17ClFNO. The van der Waals surface area contributed by atoms with Gasteiger partial charge in [-0.1, -0.05) is 12.1 Å². The van der Waals surface area contributed by atoms with Crippen LogP contribution in [0.15, 0.2) is 24.3 Å². The molecule has 0 aliphatic heterocycles. The summed E-state index contributed by atoms with van der Waals surface area (Å²) in [7, 11) is 0. The van der Waals surface area contributed by atoms with Crippen LogP contribution in [-0.4, -0.2) is 29.3 Å². The number of halogens is 2. The Morgan fingerprint density at radius 3 is 2.67 bits per heavy atom. The normalized spacial score (nSPS) is 15.2. The summed E-state index contributed by atoms with van der Waals surface area (Å²) in [6.45, 7) is 0.612. The predicted molar refractivity (Wildman–Crippen MR) is 70.4 cm³/mol. The first kappa shape index (κ1) is 13.3. The Balaban J connectivity index is 2.14. The van der Waals surface area contributed by atoms with E-state index in [0.29, 0.717) is 12.4 Å². The van der Waals surface area contributed by atoms with E-state index in [1.807, 2.05) is 0 Å². The number of rotatable bonds is 5. The zero-order valence-corrected chi connectivity index (χ0v) is 11.0. The van der Waals surface area contributed by atoms with Gasteiger partial charge in [-0.05, 0) is 37.8 Å². The van der Waals surface area contributed by atoms with Gasteiger partial charge in [0.05, 0.1) is 5.56 Å². The molecular weight excluding hydrogens is 253 g/mol. The highest BCUT2D eigenvalue weighted by Crippen LogP contribution is 2.27. The molecule has 1 aromatic carbocycles. The number of hydrogen-bond donors (Lipinski definition) is 0. The van der Waals surface area contributed by atoms with E-state index in [1.165, 1.54) is 6.07 Å². The lowest BCUT2D eigenvalue weighted by atomic mass is 9.90. The second-order valence-electron chi connectivity index (χ2n) is 4.61. The van der Waals surface area contributed by atoms with Gasteiger partial charge >= 0.3 is 0 Å². The number of carbonyl (C=O) groups is 1. The fraction of sp³-hybridized carbons (Fsp3) is 0.500. The maximum absolute atomic E-state index is 13.6. The van der Waals surface area contributed by atoms with Gasteiger partial charge in [-0.2, -0.15) is 0 Å². The summed E-state index contributed by atoms with van der Waals surface area (Å²) >= 11 is 5.68. The SMILES string of the molecule is O=C(c1ccccc1F)N(CCCCl)C1CCC1. The van der Waals surface area contributed by atoms with Crippen molar-refractivity contribution in [3.05, 3.63) is 35.6 Å². The standard InChI is InChI=1S/C14H17ClFNO/c15-9-4-10-17(11-5-3-6-11)14(18)12-7-1-2-8-13(12)16/h1-2,7-8,11H,3-6,9-10H2. The van der Waals surface area contributed by atoms with E-state index < -0.39 is 5.82 Å². The van der Waals surface area contributed by atoms with Crippen molar-refractivity contribution in [2.45, 2.75) is 31.7 Å². The number of carbonyl (C=O) groups excluding carboxylic acids is 1. The third-order valence-electron chi connectivity index (χ3n) is 3.41. The molecule has 1 amide bonds. The third-order valence-corrected chi connectivity index (χ3v) is 3.68. The fourth-order valence-corrected chi connectivity index (χ4v) is 2.29. The molecule has 0 radical (unpaired) electrons. The Morgan fingerprint density at radius 1 is 1.39 bits per heavy atom. The molecule has 1 saturated carbocycles. The van der Waals surface area contributed by atoms with Gasteiger partial charge < -0.3 is 4.90 Å². The van der Waals surface area contributed by atoms with E-state index in [0.717, 1.165) is 25.7 Å². The van der Waals surface area contributed by atoms with Gasteiger partial charge in [0.25, 0.3) is 5.91 Å². The lowest BCUT2D eigenvalue weighted by Gasteiger charge is -2.37. The molecule has 0 aromatic heterocycles. The monoisotopic (exact) mass is 269 g/mol. The molecule has 2 rings (SSSR count). The average molecular weight is 270 g/mol. The van der Waals surface area contributed by atoms with Crippen LogP contribution in [0.25, 0.3) is 0 Å². The third kappa shape index (κ3) is 2.83. The molecule has 98 valence electrons. The van der Waals surface area contributed by atoms with Crippen LogP contribution >= 0.6 is 11.6 Å². The summed E-state index contributed by atoms with van der Waals surface area (Å²) < 4.78 is 13.6. The Labute approximate surface area is 112 Å². The Kier molecular flexibility index (Phi) is 4.59. The van der Waals surface area contributed by atoms with Gasteiger partial charge in [0.1, 0.15) is 5.82 Å². The van der Waals surface area contributed by atoms with Crippen molar-refractivity contribution < 1.29 is 9.18 Å². The van der Waals surface area contributed by atoms with Crippen LogP contribution in [0.4, 0.5) is 4.39 Å². The number of nitrogens with zero attached hydrogens (tertiary/aromatic N) is 1. The second kappa shape index (κ2) is 6.19. The highest BCUT2D eigenvalue weighted by atomic mass is 35.5. The molecule has 0 unspecified atom stereocenters. The molecule has 0 N–H and O–H groups in total. The van der Waals surface area contributed by atoms with Crippen LogP contribution in [0, 0.1) is 5.82 Å². The van der Waals surface area contributed by atoms with Gasteiger partial charge in [-0.25, -0.2) is 4.39 Å². The van der Waals surface area contributed by atoms with Gasteiger partial charge in [-0.15, -0.1) is 11.6 Å². The summed E-state index contributed by atoms with van der Waals surface area (Å²) in [4.78, 5) is 14.1. The van der Waals surface area contributed by atoms with Crippen LogP contribution < -0.4 is 0 Å². The number of hydrogen-bond acceptors (Lipinski definition) is 1. The van der Waals surface area contributed by atoms with Crippen molar-refractivity contribution in [1.82, 2.24) is 4.90 Å². The molecule has 0 heterocycles. The molecule has 0 atom stereocenters. The quantitative estimate of drug-likeness (QED) is 0.750. The van der Waals surface area contributed by atoms with E-state index in [-0.39, 0.29) is 17.5 Å². The highest BCUT2D eigenvalue weighted by Gasteiger charge is 2.29. The van der Waals surface area contributed by atoms with Crippen LogP contribution in [0.2, 0.25) is 0 Å². The van der Waals surface area contributed by atoms with E-state index in [9.17, 15) is 9.18 Å². The van der Waals surface area contributed by atoms with Crippen molar-refractivity contribution >= 4 is 17.5 Å². The highest BCUT2D eigenvalue weighted by molar-refractivity contribution is 6.17. The minimum absolute atomic E-state index is 0.166. The lowest BCUT2D eigenvalue weighted by molar-refractivity contribution is 0.0576. The van der Waals surface area contributed by atoms with Gasteiger partial charge in [0.2, 0.25) is 0 Å². The lowest BCUT2D eigenvalue weighted by Crippen LogP contribution is -2.45. The van der Waals surface area contributed by atoms with Gasteiger partial charge in [0, 0.05) is 18.5 Å². The zero-order chi connectivity index (χ0) is 13.0. The summed E-state index contributed by atoms with van der Waals surface area (Å²) in [5.74, 6) is -0.131. The molecule has 0 bridgehead atoms.